The quantitative estimate of drug-likeness (QED) is 0.886. The van der Waals surface area contributed by atoms with Gasteiger partial charge in [-0.1, -0.05) is 0 Å². The van der Waals surface area contributed by atoms with Crippen molar-refractivity contribution in [1.29, 1.82) is 0 Å². The van der Waals surface area contributed by atoms with Crippen LogP contribution in [-0.2, 0) is 0 Å². The van der Waals surface area contributed by atoms with Crippen LogP contribution in [-0.4, -0.2) is 12.0 Å². The molecule has 4 heteroatoms. The number of aryl methyl sites for hydroxylation is 2. The zero-order valence-corrected chi connectivity index (χ0v) is 10.9. The molecule has 1 N–H and O–H groups in total. The van der Waals surface area contributed by atoms with Crippen molar-refractivity contribution in [3.05, 3.63) is 29.2 Å². The smallest absolute Gasteiger partial charge is 0.211 e. The van der Waals surface area contributed by atoms with Crippen LogP contribution >= 0.6 is 0 Å². The van der Waals surface area contributed by atoms with Crippen molar-refractivity contribution in [2.24, 2.45) is 0 Å². The molecule has 0 spiro atoms. The van der Waals surface area contributed by atoms with Crippen LogP contribution in [0.1, 0.15) is 35.9 Å². The summed E-state index contributed by atoms with van der Waals surface area (Å²) < 4.78 is 11.4. The summed E-state index contributed by atoms with van der Waals surface area (Å²) in [5, 5.41) is 3.10. The van der Waals surface area contributed by atoms with E-state index in [9.17, 15) is 0 Å². The molecule has 0 aliphatic heterocycles. The molecule has 0 aromatic carbocycles. The molecule has 2 heterocycles. The van der Waals surface area contributed by atoms with Gasteiger partial charge in [0.2, 0.25) is 5.89 Å². The van der Waals surface area contributed by atoms with Gasteiger partial charge in [-0.05, 0) is 34.7 Å². The maximum Gasteiger partial charge on any atom is 0.211 e. The Morgan fingerprint density at radius 3 is 2.41 bits per heavy atom. The number of furan rings is 1. The Balaban J connectivity index is 2.43. The van der Waals surface area contributed by atoms with Crippen LogP contribution in [0, 0.1) is 20.8 Å². The normalized spacial score (nSPS) is 13.0. The molecule has 0 saturated heterocycles. The zero-order valence-electron chi connectivity index (χ0n) is 10.9. The second-order valence-electron chi connectivity index (χ2n) is 4.29. The van der Waals surface area contributed by atoms with Crippen LogP contribution < -0.4 is 5.32 Å². The average molecular weight is 234 g/mol. The summed E-state index contributed by atoms with van der Waals surface area (Å²) in [5.41, 5.74) is 2.13. The highest BCUT2D eigenvalue weighted by atomic mass is 16.4. The first-order valence-electron chi connectivity index (χ1n) is 5.74. The second kappa shape index (κ2) is 4.37. The number of oxazole rings is 1. The maximum absolute atomic E-state index is 5.76. The standard InChI is InChI=1S/C13H18N2O2/c1-7-9(3)16-10(4)12(7)11-6-15-13(17-11)8(2)14-5/h6,8,14H,1-5H3. The Morgan fingerprint density at radius 2 is 1.88 bits per heavy atom. The van der Waals surface area contributed by atoms with E-state index in [0.29, 0.717) is 5.89 Å². The molecule has 2 rings (SSSR count). The third-order valence-corrected chi connectivity index (χ3v) is 3.13. The van der Waals surface area contributed by atoms with E-state index < -0.39 is 0 Å². The zero-order chi connectivity index (χ0) is 12.6. The molecule has 0 saturated carbocycles. The van der Waals surface area contributed by atoms with Crippen LogP contribution in [0.2, 0.25) is 0 Å². The summed E-state index contributed by atoms with van der Waals surface area (Å²) in [7, 11) is 1.88. The molecule has 0 fully saturated rings. The number of nitrogens with zero attached hydrogens (tertiary/aromatic N) is 1. The van der Waals surface area contributed by atoms with Gasteiger partial charge in [-0.2, -0.15) is 0 Å². The summed E-state index contributed by atoms with van der Waals surface area (Å²) in [5.74, 6) is 3.27. The number of nitrogens with one attached hydrogen (secondary N) is 1. The van der Waals surface area contributed by atoms with E-state index in [1.807, 2.05) is 34.7 Å². The molecule has 2 aromatic heterocycles. The monoisotopic (exact) mass is 234 g/mol. The fraction of sp³-hybridized carbons (Fsp3) is 0.462. The topological polar surface area (TPSA) is 51.2 Å². The third-order valence-electron chi connectivity index (χ3n) is 3.13. The lowest BCUT2D eigenvalue weighted by Gasteiger charge is -2.03. The maximum atomic E-state index is 5.76. The van der Waals surface area contributed by atoms with Gasteiger partial charge in [0.05, 0.1) is 17.8 Å². The van der Waals surface area contributed by atoms with E-state index in [-0.39, 0.29) is 6.04 Å². The predicted octanol–water partition coefficient (Wildman–Crippen LogP) is 3.14. The number of hydrogen-bond acceptors (Lipinski definition) is 4. The SMILES string of the molecule is CNC(C)c1ncc(-c2c(C)oc(C)c2C)o1. The molecule has 0 bridgehead atoms. The van der Waals surface area contributed by atoms with Gasteiger partial charge in [0, 0.05) is 5.56 Å². The van der Waals surface area contributed by atoms with Crippen LogP contribution in [0.4, 0.5) is 0 Å². The van der Waals surface area contributed by atoms with Crippen molar-refractivity contribution >= 4 is 0 Å². The van der Waals surface area contributed by atoms with E-state index in [4.69, 9.17) is 8.83 Å². The van der Waals surface area contributed by atoms with Crippen molar-refractivity contribution in [2.45, 2.75) is 33.7 Å². The molecule has 4 nitrogen and oxygen atoms in total. The van der Waals surface area contributed by atoms with Crippen molar-refractivity contribution in [1.82, 2.24) is 10.3 Å². The molecule has 1 atom stereocenters. The number of rotatable bonds is 3. The van der Waals surface area contributed by atoms with Crippen molar-refractivity contribution < 1.29 is 8.83 Å². The lowest BCUT2D eigenvalue weighted by Crippen LogP contribution is -2.12. The Morgan fingerprint density at radius 1 is 1.18 bits per heavy atom. The summed E-state index contributed by atoms with van der Waals surface area (Å²) in [6.07, 6.45) is 1.76. The average Bonchev–Trinajstić information content (AvgIpc) is 2.85. The van der Waals surface area contributed by atoms with Gasteiger partial charge in [0.15, 0.2) is 5.76 Å². The highest BCUT2D eigenvalue weighted by Crippen LogP contribution is 2.32. The van der Waals surface area contributed by atoms with Gasteiger partial charge in [0.25, 0.3) is 0 Å². The Bertz CT molecular complexity index is 526. The van der Waals surface area contributed by atoms with Crippen molar-refractivity contribution in [2.75, 3.05) is 7.05 Å². The molecule has 0 aliphatic carbocycles. The minimum absolute atomic E-state index is 0.109. The van der Waals surface area contributed by atoms with E-state index in [2.05, 4.69) is 10.3 Å². The van der Waals surface area contributed by atoms with Crippen molar-refractivity contribution in [3.8, 4) is 11.3 Å². The predicted molar refractivity (Wildman–Crippen MR) is 65.9 cm³/mol. The number of aromatic nitrogens is 1. The highest BCUT2D eigenvalue weighted by molar-refractivity contribution is 5.64. The molecule has 0 radical (unpaired) electrons. The fourth-order valence-electron chi connectivity index (χ4n) is 1.88. The Hall–Kier alpha value is -1.55. The lowest BCUT2D eigenvalue weighted by molar-refractivity contribution is 0.440. The third kappa shape index (κ3) is 2.00. The molecule has 0 amide bonds. The molecule has 1 unspecified atom stereocenters. The Labute approximate surface area is 101 Å². The van der Waals surface area contributed by atoms with Crippen molar-refractivity contribution in [3.63, 3.8) is 0 Å². The van der Waals surface area contributed by atoms with E-state index in [1.165, 1.54) is 0 Å². The van der Waals surface area contributed by atoms with Gasteiger partial charge in [-0.15, -0.1) is 0 Å². The van der Waals surface area contributed by atoms with Crippen LogP contribution in [0.15, 0.2) is 15.0 Å². The van der Waals surface area contributed by atoms with Crippen LogP contribution in [0.3, 0.4) is 0 Å². The van der Waals surface area contributed by atoms with E-state index in [1.54, 1.807) is 6.20 Å². The van der Waals surface area contributed by atoms with E-state index in [0.717, 1.165) is 28.4 Å². The largest absolute Gasteiger partial charge is 0.466 e. The lowest BCUT2D eigenvalue weighted by atomic mass is 10.1. The Kier molecular flexibility index (Phi) is 3.07. The summed E-state index contributed by atoms with van der Waals surface area (Å²) >= 11 is 0. The minimum atomic E-state index is 0.109. The van der Waals surface area contributed by atoms with E-state index >= 15 is 0 Å². The van der Waals surface area contributed by atoms with Crippen LogP contribution in [0.5, 0.6) is 0 Å². The first-order chi connectivity index (χ1) is 8.04. The highest BCUT2D eigenvalue weighted by Gasteiger charge is 2.18. The molecule has 0 aliphatic rings. The minimum Gasteiger partial charge on any atom is -0.466 e. The van der Waals surface area contributed by atoms with Gasteiger partial charge in [-0.3, -0.25) is 0 Å². The second-order valence-corrected chi connectivity index (χ2v) is 4.29. The van der Waals surface area contributed by atoms with Gasteiger partial charge >= 0.3 is 0 Å². The summed E-state index contributed by atoms with van der Waals surface area (Å²) in [6.45, 7) is 7.94. The molecule has 17 heavy (non-hydrogen) atoms. The summed E-state index contributed by atoms with van der Waals surface area (Å²) in [4.78, 5) is 4.28. The van der Waals surface area contributed by atoms with Gasteiger partial charge in [-0.25, -0.2) is 4.98 Å². The van der Waals surface area contributed by atoms with Crippen LogP contribution in [0.25, 0.3) is 11.3 Å². The molecule has 2 aromatic rings. The first-order valence-corrected chi connectivity index (χ1v) is 5.74. The molecule has 92 valence electrons. The summed E-state index contributed by atoms with van der Waals surface area (Å²) in [6, 6.07) is 0.109. The first kappa shape index (κ1) is 11.9. The van der Waals surface area contributed by atoms with Gasteiger partial charge < -0.3 is 14.2 Å². The number of hydrogen-bond donors (Lipinski definition) is 1. The molecular formula is C13H18N2O2. The molecular weight excluding hydrogens is 216 g/mol. The van der Waals surface area contributed by atoms with Gasteiger partial charge in [0.1, 0.15) is 11.5 Å². The fourth-order valence-corrected chi connectivity index (χ4v) is 1.88.